The molecule has 0 aliphatic rings. The van der Waals surface area contributed by atoms with Crippen LogP contribution >= 0.6 is 23.4 Å². The van der Waals surface area contributed by atoms with Crippen molar-refractivity contribution in [3.63, 3.8) is 0 Å². The zero-order chi connectivity index (χ0) is 22.9. The fourth-order valence-corrected chi connectivity index (χ4v) is 4.15. The van der Waals surface area contributed by atoms with E-state index in [1.54, 1.807) is 23.9 Å². The third-order valence-corrected chi connectivity index (χ3v) is 5.89. The molecule has 0 spiro atoms. The molecule has 1 atom stereocenters. The average Bonchev–Trinajstić information content (AvgIpc) is 2.75. The van der Waals surface area contributed by atoms with E-state index in [1.807, 2.05) is 61.5 Å². The van der Waals surface area contributed by atoms with Crippen LogP contribution in [0.3, 0.4) is 0 Å². The first kappa shape index (κ1) is 23.8. The van der Waals surface area contributed by atoms with Crippen molar-refractivity contribution in [2.75, 3.05) is 13.2 Å². The van der Waals surface area contributed by atoms with Crippen molar-refractivity contribution in [2.45, 2.75) is 30.4 Å². The van der Waals surface area contributed by atoms with E-state index in [0.29, 0.717) is 34.1 Å². The number of aliphatic carboxylic acids is 1. The topological polar surface area (TPSA) is 65.0 Å². The van der Waals surface area contributed by atoms with Crippen LogP contribution in [0, 0.1) is 6.92 Å². The van der Waals surface area contributed by atoms with E-state index in [-0.39, 0.29) is 6.61 Å². The van der Waals surface area contributed by atoms with E-state index in [9.17, 15) is 4.79 Å². The van der Waals surface area contributed by atoms with Crippen LogP contribution in [0.5, 0.6) is 23.0 Å². The lowest BCUT2D eigenvalue weighted by Gasteiger charge is -2.16. The van der Waals surface area contributed by atoms with E-state index in [0.717, 1.165) is 22.6 Å². The van der Waals surface area contributed by atoms with Gasteiger partial charge in [-0.1, -0.05) is 36.7 Å². The lowest BCUT2D eigenvalue weighted by atomic mass is 10.2. The SMILES string of the molecule is Cc1cc(S[C@H](C)CCOc2ccc(Cl)cc2Oc2ccccc2)ccc1OCC(=O)O. The summed E-state index contributed by atoms with van der Waals surface area (Å²) in [6, 6.07) is 20.6. The molecule has 3 rings (SSSR count). The highest BCUT2D eigenvalue weighted by molar-refractivity contribution is 7.99. The summed E-state index contributed by atoms with van der Waals surface area (Å²) in [5.41, 5.74) is 0.906. The van der Waals surface area contributed by atoms with Gasteiger partial charge in [0.15, 0.2) is 18.1 Å². The number of thioether (sulfide) groups is 1. The first-order valence-corrected chi connectivity index (χ1v) is 11.4. The molecule has 0 aliphatic carbocycles. The van der Waals surface area contributed by atoms with Gasteiger partial charge in [0.2, 0.25) is 0 Å². The molecule has 5 nitrogen and oxygen atoms in total. The molecule has 0 saturated heterocycles. The Morgan fingerprint density at radius 1 is 1.00 bits per heavy atom. The van der Waals surface area contributed by atoms with Gasteiger partial charge in [-0.2, -0.15) is 0 Å². The summed E-state index contributed by atoms with van der Waals surface area (Å²) in [6.45, 7) is 4.23. The van der Waals surface area contributed by atoms with Crippen LogP contribution in [0.4, 0.5) is 0 Å². The van der Waals surface area contributed by atoms with Crippen LogP contribution in [0.1, 0.15) is 18.9 Å². The minimum atomic E-state index is -0.991. The number of benzene rings is 3. The zero-order valence-corrected chi connectivity index (χ0v) is 19.5. The molecular weight excluding hydrogens is 448 g/mol. The van der Waals surface area contributed by atoms with Gasteiger partial charge in [-0.3, -0.25) is 0 Å². The number of carboxylic acid groups (broad SMARTS) is 1. The first-order chi connectivity index (χ1) is 15.4. The number of halogens is 1. The van der Waals surface area contributed by atoms with Crippen LogP contribution < -0.4 is 14.2 Å². The number of rotatable bonds is 11. The fraction of sp³-hybridized carbons (Fsp3) is 0.240. The van der Waals surface area contributed by atoms with Gasteiger partial charge >= 0.3 is 5.97 Å². The quantitative estimate of drug-likeness (QED) is 0.308. The van der Waals surface area contributed by atoms with E-state index in [1.165, 1.54) is 0 Å². The van der Waals surface area contributed by atoms with Crippen molar-refractivity contribution >= 4 is 29.3 Å². The molecule has 7 heteroatoms. The molecule has 3 aromatic rings. The summed E-state index contributed by atoms with van der Waals surface area (Å²) >= 11 is 7.87. The molecule has 0 bridgehead atoms. The van der Waals surface area contributed by atoms with Gasteiger partial charge in [0.05, 0.1) is 6.61 Å². The second-order valence-corrected chi connectivity index (χ2v) is 9.13. The largest absolute Gasteiger partial charge is 0.490 e. The fourth-order valence-electron chi connectivity index (χ4n) is 2.92. The first-order valence-electron chi connectivity index (χ1n) is 10.2. The van der Waals surface area contributed by atoms with Gasteiger partial charge < -0.3 is 19.3 Å². The molecule has 32 heavy (non-hydrogen) atoms. The molecular formula is C25H25ClO5S. The Labute approximate surface area is 197 Å². The number of carboxylic acids is 1. The third kappa shape index (κ3) is 7.39. The molecule has 0 fully saturated rings. The molecule has 0 aliphatic heterocycles. The van der Waals surface area contributed by atoms with Gasteiger partial charge in [-0.05, 0) is 61.4 Å². The van der Waals surface area contributed by atoms with Crippen LogP contribution in [-0.2, 0) is 4.79 Å². The lowest BCUT2D eigenvalue weighted by molar-refractivity contribution is -0.139. The Balaban J connectivity index is 1.53. The highest BCUT2D eigenvalue weighted by Gasteiger charge is 2.11. The van der Waals surface area contributed by atoms with Gasteiger partial charge in [0.1, 0.15) is 11.5 Å². The Bertz CT molecular complexity index is 1040. The minimum Gasteiger partial charge on any atom is -0.490 e. The van der Waals surface area contributed by atoms with Crippen molar-refractivity contribution < 1.29 is 24.1 Å². The average molecular weight is 473 g/mol. The second kappa shape index (κ2) is 11.7. The van der Waals surface area contributed by atoms with Gasteiger partial charge in [-0.25, -0.2) is 4.79 Å². The molecule has 0 unspecified atom stereocenters. The molecule has 0 radical (unpaired) electrons. The summed E-state index contributed by atoms with van der Waals surface area (Å²) in [6.07, 6.45) is 0.828. The predicted octanol–water partition coefficient (Wildman–Crippen LogP) is 6.85. The van der Waals surface area contributed by atoms with Crippen LogP contribution in [-0.4, -0.2) is 29.5 Å². The van der Waals surface area contributed by atoms with Crippen molar-refractivity contribution in [2.24, 2.45) is 0 Å². The van der Waals surface area contributed by atoms with Crippen LogP contribution in [0.15, 0.2) is 71.6 Å². The summed E-state index contributed by atoms with van der Waals surface area (Å²) in [5, 5.41) is 9.65. The van der Waals surface area contributed by atoms with Gasteiger partial charge in [-0.15, -0.1) is 11.8 Å². The van der Waals surface area contributed by atoms with Crippen LogP contribution in [0.2, 0.25) is 5.02 Å². The normalized spacial score (nSPS) is 11.6. The number of ether oxygens (including phenoxy) is 3. The molecule has 0 heterocycles. The highest BCUT2D eigenvalue weighted by atomic mass is 35.5. The summed E-state index contributed by atoms with van der Waals surface area (Å²) < 4.78 is 17.2. The van der Waals surface area contributed by atoms with E-state index >= 15 is 0 Å². The molecule has 168 valence electrons. The van der Waals surface area contributed by atoms with E-state index in [4.69, 9.17) is 30.9 Å². The Kier molecular flexibility index (Phi) is 8.71. The number of carbonyl (C=O) groups is 1. The second-order valence-electron chi connectivity index (χ2n) is 7.18. The maximum Gasteiger partial charge on any atom is 0.341 e. The molecule has 3 aromatic carbocycles. The summed E-state index contributed by atoms with van der Waals surface area (Å²) in [4.78, 5) is 11.8. The Hall–Kier alpha value is -2.83. The van der Waals surface area contributed by atoms with Crippen molar-refractivity contribution in [3.8, 4) is 23.0 Å². The predicted molar refractivity (Wildman–Crippen MR) is 128 cm³/mol. The summed E-state index contributed by atoms with van der Waals surface area (Å²) in [5.74, 6) is 1.54. The standard InChI is InChI=1S/C25H25ClO5S/c1-17-14-21(9-11-22(17)30-16-25(27)28)32-18(2)12-13-29-23-10-8-19(26)15-24(23)31-20-6-4-3-5-7-20/h3-11,14-15,18H,12-13,16H2,1-2H3,(H,27,28)/t18-/m1/s1. The van der Waals surface area contributed by atoms with Gasteiger partial charge in [0.25, 0.3) is 0 Å². The molecule has 0 saturated carbocycles. The Morgan fingerprint density at radius 2 is 1.75 bits per heavy atom. The van der Waals surface area contributed by atoms with Crippen molar-refractivity contribution in [3.05, 3.63) is 77.3 Å². The summed E-state index contributed by atoms with van der Waals surface area (Å²) in [7, 11) is 0. The number of aryl methyl sites for hydroxylation is 1. The van der Waals surface area contributed by atoms with Crippen molar-refractivity contribution in [1.82, 2.24) is 0 Å². The van der Waals surface area contributed by atoms with E-state index < -0.39 is 5.97 Å². The molecule has 0 amide bonds. The van der Waals surface area contributed by atoms with E-state index in [2.05, 4.69) is 6.92 Å². The van der Waals surface area contributed by atoms with Gasteiger partial charge in [0, 0.05) is 21.2 Å². The molecule has 0 aromatic heterocycles. The lowest BCUT2D eigenvalue weighted by Crippen LogP contribution is -2.10. The molecule has 1 N–H and O–H groups in total. The monoisotopic (exact) mass is 472 g/mol. The highest BCUT2D eigenvalue weighted by Crippen LogP contribution is 2.35. The number of hydrogen-bond donors (Lipinski definition) is 1. The third-order valence-electron chi connectivity index (χ3n) is 4.49. The van der Waals surface area contributed by atoms with Crippen LogP contribution in [0.25, 0.3) is 0 Å². The number of para-hydroxylation sites is 1. The maximum absolute atomic E-state index is 10.7. The maximum atomic E-state index is 10.7. The minimum absolute atomic E-state index is 0.311. The smallest absolute Gasteiger partial charge is 0.341 e. The Morgan fingerprint density at radius 3 is 2.47 bits per heavy atom. The zero-order valence-electron chi connectivity index (χ0n) is 17.9. The van der Waals surface area contributed by atoms with Crippen molar-refractivity contribution in [1.29, 1.82) is 0 Å². The number of hydrogen-bond acceptors (Lipinski definition) is 5.